The normalized spacial score (nSPS) is 17.9. The van der Waals surface area contributed by atoms with Crippen molar-refractivity contribution in [3.63, 3.8) is 0 Å². The molecule has 0 saturated heterocycles. The van der Waals surface area contributed by atoms with Gasteiger partial charge in [-0.3, -0.25) is 0 Å². The summed E-state index contributed by atoms with van der Waals surface area (Å²) in [7, 11) is 0. The van der Waals surface area contributed by atoms with Gasteiger partial charge in [0, 0.05) is 10.2 Å². The summed E-state index contributed by atoms with van der Waals surface area (Å²) in [4.78, 5) is 0. The van der Waals surface area contributed by atoms with E-state index in [9.17, 15) is 13.2 Å². The number of nitrogens with one attached hydrogen (secondary N) is 1. The molecule has 94 valence electrons. The van der Waals surface area contributed by atoms with Crippen LogP contribution in [0.15, 0.2) is 22.7 Å². The molecule has 6 heteroatoms. The molecule has 0 amide bonds. The Kier molecular flexibility index (Phi) is 3.12. The van der Waals surface area contributed by atoms with Gasteiger partial charge in [-0.25, -0.2) is 0 Å². The maximum absolute atomic E-state index is 12.4. The Bertz CT molecular complexity index is 429. The van der Waals surface area contributed by atoms with Crippen LogP contribution >= 0.6 is 15.9 Å². The first kappa shape index (κ1) is 12.7. The van der Waals surface area contributed by atoms with E-state index in [-0.39, 0.29) is 12.1 Å². The molecule has 1 saturated carbocycles. The lowest BCUT2D eigenvalue weighted by atomic mass is 10.2. The van der Waals surface area contributed by atoms with Crippen LogP contribution in [0, 0.1) is 0 Å². The molecular weight excluding hydrogens is 299 g/mol. The first-order chi connectivity index (χ1) is 7.86. The fourth-order valence-electron chi connectivity index (χ4n) is 1.55. The highest BCUT2D eigenvalue weighted by Gasteiger charge is 2.42. The maximum Gasteiger partial charge on any atom is 0.416 e. The third-order valence-corrected chi connectivity index (χ3v) is 3.51. The van der Waals surface area contributed by atoms with E-state index in [0.29, 0.717) is 10.2 Å². The summed E-state index contributed by atoms with van der Waals surface area (Å²) in [5.74, 6) is 0. The van der Waals surface area contributed by atoms with E-state index in [1.807, 2.05) is 0 Å². The second-order valence-corrected chi connectivity index (χ2v) is 5.11. The van der Waals surface area contributed by atoms with E-state index in [0.717, 1.165) is 25.0 Å². The summed E-state index contributed by atoms with van der Waals surface area (Å²) in [6, 6.07) is 3.44. The number of aliphatic hydroxyl groups excluding tert-OH is 1. The highest BCUT2D eigenvalue weighted by Crippen LogP contribution is 2.41. The molecule has 1 aliphatic carbocycles. The predicted molar refractivity (Wildman–Crippen MR) is 61.8 cm³/mol. The van der Waals surface area contributed by atoms with Gasteiger partial charge in [0.15, 0.2) is 0 Å². The van der Waals surface area contributed by atoms with Crippen molar-refractivity contribution in [3.05, 3.63) is 28.2 Å². The Morgan fingerprint density at radius 1 is 1.35 bits per heavy atom. The third kappa shape index (κ3) is 2.74. The van der Waals surface area contributed by atoms with Crippen LogP contribution < -0.4 is 5.32 Å². The van der Waals surface area contributed by atoms with Gasteiger partial charge in [0.25, 0.3) is 0 Å². The molecule has 0 bridgehead atoms. The van der Waals surface area contributed by atoms with Crippen molar-refractivity contribution in [1.29, 1.82) is 0 Å². The molecule has 0 unspecified atom stereocenters. The van der Waals surface area contributed by atoms with Gasteiger partial charge in [0.05, 0.1) is 17.7 Å². The van der Waals surface area contributed by atoms with Crippen molar-refractivity contribution in [2.75, 3.05) is 11.9 Å². The molecule has 2 nitrogen and oxygen atoms in total. The standard InChI is InChI=1S/C11H11BrF3NO/c12-8-5-7(11(13,14)15)1-2-9(8)16-10(6-17)3-4-10/h1-2,5,16-17H,3-4,6H2. The summed E-state index contributed by atoms with van der Waals surface area (Å²) in [6.45, 7) is -0.0134. The van der Waals surface area contributed by atoms with Crippen molar-refractivity contribution in [1.82, 2.24) is 0 Å². The number of aliphatic hydroxyl groups is 1. The van der Waals surface area contributed by atoms with Gasteiger partial charge in [0.2, 0.25) is 0 Å². The number of hydrogen-bond donors (Lipinski definition) is 2. The molecule has 1 aromatic carbocycles. The molecule has 0 aliphatic heterocycles. The molecular formula is C11H11BrF3NO. The van der Waals surface area contributed by atoms with Gasteiger partial charge >= 0.3 is 6.18 Å². The molecule has 2 rings (SSSR count). The lowest BCUT2D eigenvalue weighted by Crippen LogP contribution is -2.25. The first-order valence-corrected chi connectivity index (χ1v) is 5.91. The number of anilines is 1. The number of halogens is 4. The van der Waals surface area contributed by atoms with Gasteiger partial charge < -0.3 is 10.4 Å². The Labute approximate surface area is 105 Å². The van der Waals surface area contributed by atoms with Gasteiger partial charge in [-0.15, -0.1) is 0 Å². The molecule has 0 atom stereocenters. The summed E-state index contributed by atoms with van der Waals surface area (Å²) in [5, 5.41) is 12.2. The highest BCUT2D eigenvalue weighted by atomic mass is 79.9. The molecule has 1 aromatic rings. The largest absolute Gasteiger partial charge is 0.416 e. The van der Waals surface area contributed by atoms with Crippen molar-refractivity contribution < 1.29 is 18.3 Å². The number of rotatable bonds is 3. The molecule has 0 heterocycles. The summed E-state index contributed by atoms with van der Waals surface area (Å²) in [6.07, 6.45) is -2.68. The summed E-state index contributed by atoms with van der Waals surface area (Å²) < 4.78 is 37.7. The molecule has 2 N–H and O–H groups in total. The summed E-state index contributed by atoms with van der Waals surface area (Å²) in [5.41, 5.74) is -0.462. The molecule has 0 aromatic heterocycles. The average Bonchev–Trinajstić information content (AvgIpc) is 3.00. The van der Waals surface area contributed by atoms with Crippen LogP contribution in [0.4, 0.5) is 18.9 Å². The zero-order valence-corrected chi connectivity index (χ0v) is 10.4. The van der Waals surface area contributed by atoms with Gasteiger partial charge in [-0.05, 0) is 47.0 Å². The second-order valence-electron chi connectivity index (χ2n) is 4.26. The predicted octanol–water partition coefficient (Wildman–Crippen LogP) is 3.40. The molecule has 1 aliphatic rings. The van der Waals surface area contributed by atoms with E-state index in [1.165, 1.54) is 6.07 Å². The van der Waals surface area contributed by atoms with Gasteiger partial charge in [-0.2, -0.15) is 13.2 Å². The monoisotopic (exact) mass is 309 g/mol. The minimum Gasteiger partial charge on any atom is -0.394 e. The van der Waals surface area contributed by atoms with Gasteiger partial charge in [-0.1, -0.05) is 0 Å². The number of alkyl halides is 3. The molecule has 17 heavy (non-hydrogen) atoms. The SMILES string of the molecule is OCC1(Nc2ccc(C(F)(F)F)cc2Br)CC1. The van der Waals surface area contributed by atoms with Crippen LogP contribution in [-0.4, -0.2) is 17.3 Å². The van der Waals surface area contributed by atoms with Crippen LogP contribution in [-0.2, 0) is 6.18 Å². The Hall–Kier alpha value is -0.750. The van der Waals surface area contributed by atoms with E-state index in [2.05, 4.69) is 21.2 Å². The minimum absolute atomic E-state index is 0.0134. The molecule has 0 radical (unpaired) electrons. The van der Waals surface area contributed by atoms with E-state index < -0.39 is 11.7 Å². The maximum atomic E-state index is 12.4. The lowest BCUT2D eigenvalue weighted by Gasteiger charge is -2.18. The quantitative estimate of drug-likeness (QED) is 0.897. The van der Waals surface area contributed by atoms with Crippen LogP contribution in [0.1, 0.15) is 18.4 Å². The van der Waals surface area contributed by atoms with Crippen LogP contribution in [0.25, 0.3) is 0 Å². The Balaban J connectivity index is 2.20. The highest BCUT2D eigenvalue weighted by molar-refractivity contribution is 9.10. The fourth-order valence-corrected chi connectivity index (χ4v) is 2.03. The lowest BCUT2D eigenvalue weighted by molar-refractivity contribution is -0.137. The summed E-state index contributed by atoms with van der Waals surface area (Å²) >= 11 is 3.11. The smallest absolute Gasteiger partial charge is 0.394 e. The fraction of sp³-hybridized carbons (Fsp3) is 0.455. The third-order valence-electron chi connectivity index (χ3n) is 2.85. The zero-order chi connectivity index (χ0) is 12.7. The van der Waals surface area contributed by atoms with E-state index in [4.69, 9.17) is 5.11 Å². The van der Waals surface area contributed by atoms with Gasteiger partial charge in [0.1, 0.15) is 0 Å². The van der Waals surface area contributed by atoms with Crippen molar-refractivity contribution in [3.8, 4) is 0 Å². The number of benzene rings is 1. The molecule has 0 spiro atoms. The average molecular weight is 310 g/mol. The zero-order valence-electron chi connectivity index (χ0n) is 8.81. The first-order valence-electron chi connectivity index (χ1n) is 5.12. The second kappa shape index (κ2) is 4.17. The van der Waals surface area contributed by atoms with Crippen LogP contribution in [0.2, 0.25) is 0 Å². The Morgan fingerprint density at radius 3 is 2.41 bits per heavy atom. The van der Waals surface area contributed by atoms with Crippen LogP contribution in [0.3, 0.4) is 0 Å². The Morgan fingerprint density at radius 2 is 2.00 bits per heavy atom. The van der Waals surface area contributed by atoms with Crippen LogP contribution in [0.5, 0.6) is 0 Å². The topological polar surface area (TPSA) is 32.3 Å². The molecule has 1 fully saturated rings. The van der Waals surface area contributed by atoms with Crippen molar-refractivity contribution in [2.45, 2.75) is 24.6 Å². The number of hydrogen-bond acceptors (Lipinski definition) is 2. The van der Waals surface area contributed by atoms with E-state index in [1.54, 1.807) is 0 Å². The minimum atomic E-state index is -4.34. The van der Waals surface area contributed by atoms with Crippen molar-refractivity contribution >= 4 is 21.6 Å². The van der Waals surface area contributed by atoms with E-state index >= 15 is 0 Å². The van der Waals surface area contributed by atoms with Crippen molar-refractivity contribution in [2.24, 2.45) is 0 Å².